The average molecular weight is 377 g/mol. The molecule has 0 radical (unpaired) electrons. The van der Waals surface area contributed by atoms with Gasteiger partial charge in [-0.05, 0) is 41.1 Å². The Morgan fingerprint density at radius 1 is 1.53 bits per heavy atom. The van der Waals surface area contributed by atoms with E-state index in [0.717, 1.165) is 18.7 Å². The average Bonchev–Trinajstić information content (AvgIpc) is 2.37. The summed E-state index contributed by atoms with van der Waals surface area (Å²) in [4.78, 5) is 23.7. The van der Waals surface area contributed by atoms with Gasteiger partial charge in [0.25, 0.3) is 5.69 Å². The molecule has 0 heterocycles. The van der Waals surface area contributed by atoms with Crippen molar-refractivity contribution >= 4 is 39.9 Å². The molecule has 104 valence electrons. The minimum Gasteiger partial charge on any atom is -0.362 e. The summed E-state index contributed by atoms with van der Waals surface area (Å²) in [6.07, 6.45) is 0.893. The molecule has 1 rings (SSSR count). The van der Waals surface area contributed by atoms with Crippen LogP contribution in [0.15, 0.2) is 18.2 Å². The highest BCUT2D eigenvalue weighted by molar-refractivity contribution is 14.1. The number of carbonyl (C=O) groups is 1. The molecule has 0 spiro atoms. The molecule has 0 saturated heterocycles. The van der Waals surface area contributed by atoms with E-state index in [2.05, 4.69) is 5.32 Å². The second-order valence-electron chi connectivity index (χ2n) is 3.99. The van der Waals surface area contributed by atoms with Gasteiger partial charge in [-0.15, -0.1) is 0 Å². The highest BCUT2D eigenvalue weighted by atomic mass is 127. The number of likely N-dealkylation sites (N-methyl/N-ethyl adjacent to an activating group) is 1. The first-order valence-electron chi connectivity index (χ1n) is 5.89. The molecule has 0 saturated carbocycles. The van der Waals surface area contributed by atoms with E-state index < -0.39 is 4.92 Å². The van der Waals surface area contributed by atoms with Gasteiger partial charge in [0.2, 0.25) is 5.91 Å². The number of amides is 1. The van der Waals surface area contributed by atoms with E-state index in [1.165, 1.54) is 6.07 Å². The lowest BCUT2D eigenvalue weighted by Gasteiger charge is -2.23. The van der Waals surface area contributed by atoms with Crippen LogP contribution in [0.5, 0.6) is 0 Å². The van der Waals surface area contributed by atoms with Crippen molar-refractivity contribution in [3.05, 3.63) is 31.9 Å². The van der Waals surface area contributed by atoms with E-state index in [-0.39, 0.29) is 18.1 Å². The fourth-order valence-corrected chi connectivity index (χ4v) is 2.36. The number of anilines is 1. The van der Waals surface area contributed by atoms with Gasteiger partial charge in [0.1, 0.15) is 0 Å². The summed E-state index contributed by atoms with van der Waals surface area (Å²) < 4.78 is 0.568. The quantitative estimate of drug-likeness (QED) is 0.469. The maximum Gasteiger partial charge on any atom is 0.282 e. The Morgan fingerprint density at radius 3 is 2.68 bits per heavy atom. The smallest absolute Gasteiger partial charge is 0.282 e. The molecular weight excluding hydrogens is 361 g/mol. The van der Waals surface area contributed by atoms with Crippen molar-refractivity contribution < 1.29 is 9.72 Å². The SMILES string of the molecule is CCCN(CC(=O)NC)c1ccc([N+](=O)[O-])c(I)c1. The van der Waals surface area contributed by atoms with Crippen molar-refractivity contribution in [2.24, 2.45) is 0 Å². The molecule has 0 aliphatic heterocycles. The summed E-state index contributed by atoms with van der Waals surface area (Å²) >= 11 is 1.94. The van der Waals surface area contributed by atoms with Crippen LogP contribution in [0.4, 0.5) is 11.4 Å². The third kappa shape index (κ3) is 4.34. The Morgan fingerprint density at radius 2 is 2.21 bits per heavy atom. The normalized spacial score (nSPS) is 10.1. The van der Waals surface area contributed by atoms with Crippen molar-refractivity contribution in [1.29, 1.82) is 0 Å². The number of rotatable bonds is 6. The van der Waals surface area contributed by atoms with E-state index in [0.29, 0.717) is 3.57 Å². The van der Waals surface area contributed by atoms with Crippen LogP contribution < -0.4 is 10.2 Å². The minimum absolute atomic E-state index is 0.0817. The summed E-state index contributed by atoms with van der Waals surface area (Å²) in [5.74, 6) is -0.0817. The molecule has 19 heavy (non-hydrogen) atoms. The van der Waals surface area contributed by atoms with Gasteiger partial charge in [-0.3, -0.25) is 14.9 Å². The van der Waals surface area contributed by atoms with Gasteiger partial charge in [-0.1, -0.05) is 6.92 Å². The van der Waals surface area contributed by atoms with Gasteiger partial charge < -0.3 is 10.2 Å². The first-order valence-corrected chi connectivity index (χ1v) is 6.97. The molecular formula is C12H16IN3O3. The maximum absolute atomic E-state index is 11.5. The molecule has 0 unspecified atom stereocenters. The number of nitro benzene ring substituents is 1. The Kier molecular flexibility index (Phi) is 6.00. The van der Waals surface area contributed by atoms with Crippen LogP contribution >= 0.6 is 22.6 Å². The van der Waals surface area contributed by atoms with Crippen molar-refractivity contribution in [1.82, 2.24) is 5.32 Å². The third-order valence-electron chi connectivity index (χ3n) is 2.60. The molecule has 7 heteroatoms. The van der Waals surface area contributed by atoms with Crippen LogP contribution in [0.2, 0.25) is 0 Å². The summed E-state index contributed by atoms with van der Waals surface area (Å²) in [5, 5.41) is 13.4. The number of nitro groups is 1. The number of halogens is 1. The minimum atomic E-state index is -0.408. The van der Waals surface area contributed by atoms with Crippen molar-refractivity contribution in [2.75, 3.05) is 25.0 Å². The number of nitrogens with zero attached hydrogens (tertiary/aromatic N) is 2. The van der Waals surface area contributed by atoms with E-state index in [1.807, 2.05) is 34.4 Å². The third-order valence-corrected chi connectivity index (χ3v) is 3.46. The van der Waals surface area contributed by atoms with E-state index in [1.54, 1.807) is 19.2 Å². The van der Waals surface area contributed by atoms with Gasteiger partial charge in [0.15, 0.2) is 0 Å². The number of carbonyl (C=O) groups excluding carboxylic acids is 1. The molecule has 0 aliphatic carbocycles. The van der Waals surface area contributed by atoms with Crippen LogP contribution in [-0.2, 0) is 4.79 Å². The standard InChI is InChI=1S/C12H16IN3O3/c1-3-6-15(8-12(17)14-2)9-4-5-11(16(18)19)10(13)7-9/h4-5,7H,3,6,8H2,1-2H3,(H,14,17). The van der Waals surface area contributed by atoms with Crippen LogP contribution in [0, 0.1) is 13.7 Å². The molecule has 6 nitrogen and oxygen atoms in total. The summed E-state index contributed by atoms with van der Waals surface area (Å²) in [5.41, 5.74) is 0.904. The molecule has 0 fully saturated rings. The molecule has 1 N–H and O–H groups in total. The molecule has 1 aromatic rings. The predicted molar refractivity (Wildman–Crippen MR) is 82.4 cm³/mol. The van der Waals surface area contributed by atoms with Gasteiger partial charge >= 0.3 is 0 Å². The maximum atomic E-state index is 11.5. The van der Waals surface area contributed by atoms with Crippen molar-refractivity contribution in [2.45, 2.75) is 13.3 Å². The Hall–Kier alpha value is -1.38. The lowest BCUT2D eigenvalue weighted by Crippen LogP contribution is -2.36. The summed E-state index contributed by atoms with van der Waals surface area (Å²) in [7, 11) is 1.59. The van der Waals surface area contributed by atoms with Crippen LogP contribution in [0.1, 0.15) is 13.3 Å². The number of nitrogens with one attached hydrogen (secondary N) is 1. The van der Waals surface area contributed by atoms with E-state index >= 15 is 0 Å². The molecule has 1 amide bonds. The van der Waals surface area contributed by atoms with Crippen LogP contribution in [0.25, 0.3) is 0 Å². The zero-order valence-corrected chi connectivity index (χ0v) is 13.0. The molecule has 0 aliphatic rings. The van der Waals surface area contributed by atoms with E-state index in [4.69, 9.17) is 0 Å². The van der Waals surface area contributed by atoms with Crippen LogP contribution in [-0.4, -0.2) is 31.0 Å². The topological polar surface area (TPSA) is 75.5 Å². The second kappa shape index (κ2) is 7.27. The van der Waals surface area contributed by atoms with E-state index in [9.17, 15) is 14.9 Å². The monoisotopic (exact) mass is 377 g/mol. The Labute approximate surface area is 125 Å². The molecule has 1 aromatic carbocycles. The van der Waals surface area contributed by atoms with Crippen LogP contribution in [0.3, 0.4) is 0 Å². The number of hydrogen-bond acceptors (Lipinski definition) is 4. The van der Waals surface area contributed by atoms with Crippen molar-refractivity contribution in [3.8, 4) is 0 Å². The van der Waals surface area contributed by atoms with Gasteiger partial charge in [-0.2, -0.15) is 0 Å². The Balaban J connectivity index is 2.99. The summed E-state index contributed by atoms with van der Waals surface area (Å²) in [6, 6.07) is 4.89. The van der Waals surface area contributed by atoms with Gasteiger partial charge in [0, 0.05) is 25.3 Å². The molecule has 0 bridgehead atoms. The fraction of sp³-hybridized carbons (Fsp3) is 0.417. The van der Waals surface area contributed by atoms with Gasteiger partial charge in [0.05, 0.1) is 15.0 Å². The lowest BCUT2D eigenvalue weighted by molar-refractivity contribution is -0.385. The fourth-order valence-electron chi connectivity index (χ4n) is 1.66. The Bertz CT molecular complexity index is 479. The number of hydrogen-bond donors (Lipinski definition) is 1. The van der Waals surface area contributed by atoms with Crippen molar-refractivity contribution in [3.63, 3.8) is 0 Å². The summed E-state index contributed by atoms with van der Waals surface area (Å²) in [6.45, 7) is 2.99. The zero-order chi connectivity index (χ0) is 14.4. The predicted octanol–water partition coefficient (Wildman–Crippen LogP) is 2.16. The first-order chi connectivity index (χ1) is 8.99. The zero-order valence-electron chi connectivity index (χ0n) is 10.9. The largest absolute Gasteiger partial charge is 0.362 e. The highest BCUT2D eigenvalue weighted by Gasteiger charge is 2.15. The highest BCUT2D eigenvalue weighted by Crippen LogP contribution is 2.26. The first kappa shape index (κ1) is 15.7. The van der Waals surface area contributed by atoms with Gasteiger partial charge in [-0.25, -0.2) is 0 Å². The number of benzene rings is 1. The molecule has 0 atom stereocenters. The lowest BCUT2D eigenvalue weighted by atomic mass is 10.2. The second-order valence-corrected chi connectivity index (χ2v) is 5.15. The molecule has 0 aromatic heterocycles.